The minimum atomic E-state index is -3.15. The van der Waals surface area contributed by atoms with Gasteiger partial charge in [-0.25, -0.2) is 17.6 Å². The molecule has 1 aromatic carbocycles. The van der Waals surface area contributed by atoms with Gasteiger partial charge in [-0.1, -0.05) is 0 Å². The second-order valence-electron chi connectivity index (χ2n) is 5.38. The molecule has 1 aliphatic carbocycles. The largest absolute Gasteiger partial charge is 0.459 e. The molecule has 0 aromatic heterocycles. The van der Waals surface area contributed by atoms with Gasteiger partial charge in [0.2, 0.25) is 0 Å². The van der Waals surface area contributed by atoms with Crippen molar-refractivity contribution in [3.05, 3.63) is 29.6 Å². The van der Waals surface area contributed by atoms with Gasteiger partial charge in [0.05, 0.1) is 10.8 Å². The fraction of sp³-hybridized carbons (Fsp3) is 0.500. The lowest BCUT2D eigenvalue weighted by Crippen LogP contribution is -2.33. The van der Waals surface area contributed by atoms with Crippen LogP contribution in [0.1, 0.15) is 36.0 Å². The van der Waals surface area contributed by atoms with Crippen molar-refractivity contribution < 1.29 is 22.3 Å². The number of hydrogen-bond acceptors (Lipinski definition) is 5. The van der Waals surface area contributed by atoms with E-state index < -0.39 is 33.0 Å². The average Bonchev–Trinajstić information content (AvgIpc) is 2.41. The van der Waals surface area contributed by atoms with Crippen LogP contribution in [0.25, 0.3) is 0 Å². The van der Waals surface area contributed by atoms with E-state index in [1.807, 2.05) is 0 Å². The van der Waals surface area contributed by atoms with Crippen LogP contribution in [-0.2, 0) is 14.6 Å². The highest BCUT2D eigenvalue weighted by Crippen LogP contribution is 2.27. The van der Waals surface area contributed by atoms with Crippen molar-refractivity contribution in [3.8, 4) is 0 Å². The summed E-state index contributed by atoms with van der Waals surface area (Å²) in [7, 11) is -3.15. The number of carbonyl (C=O) groups excluding carboxylic acids is 1. The van der Waals surface area contributed by atoms with E-state index in [0.29, 0.717) is 19.3 Å². The van der Waals surface area contributed by atoms with Crippen molar-refractivity contribution in [2.24, 2.45) is 0 Å². The maximum Gasteiger partial charge on any atom is 0.340 e. The van der Waals surface area contributed by atoms with Gasteiger partial charge in [0.25, 0.3) is 0 Å². The Hall–Kier alpha value is -1.63. The van der Waals surface area contributed by atoms with Crippen molar-refractivity contribution in [2.45, 2.75) is 37.0 Å². The molecular weight excluding hydrogens is 297 g/mol. The molecule has 116 valence electrons. The maximum absolute atomic E-state index is 13.2. The van der Waals surface area contributed by atoms with Gasteiger partial charge >= 0.3 is 5.97 Å². The summed E-state index contributed by atoms with van der Waals surface area (Å²) in [6.07, 6.45) is 2.84. The first kappa shape index (κ1) is 15.8. The van der Waals surface area contributed by atoms with E-state index in [9.17, 15) is 17.6 Å². The highest BCUT2D eigenvalue weighted by Gasteiger charge is 2.31. The lowest BCUT2D eigenvalue weighted by molar-refractivity contribution is 0.0215. The molecular formula is C14H18FNO4S. The summed E-state index contributed by atoms with van der Waals surface area (Å²) in [6.45, 7) is 0. The Morgan fingerprint density at radius 2 is 2.10 bits per heavy atom. The molecule has 0 heterocycles. The number of anilines is 1. The third-order valence-corrected chi connectivity index (χ3v) is 5.33. The van der Waals surface area contributed by atoms with Crippen LogP contribution < -0.4 is 5.73 Å². The molecule has 0 aliphatic heterocycles. The van der Waals surface area contributed by atoms with Crippen LogP contribution >= 0.6 is 0 Å². The molecule has 0 radical (unpaired) electrons. The molecule has 7 heteroatoms. The predicted octanol–water partition coefficient (Wildman–Crippen LogP) is 1.92. The van der Waals surface area contributed by atoms with Crippen molar-refractivity contribution in [2.75, 3.05) is 12.0 Å². The van der Waals surface area contributed by atoms with E-state index >= 15 is 0 Å². The Morgan fingerprint density at radius 3 is 2.76 bits per heavy atom. The summed E-state index contributed by atoms with van der Waals surface area (Å²) in [4.78, 5) is 12.0. The van der Waals surface area contributed by atoms with E-state index in [1.54, 1.807) is 0 Å². The molecule has 0 spiro atoms. The molecule has 0 bridgehead atoms. The number of benzene rings is 1. The number of hydrogen-bond donors (Lipinski definition) is 1. The third kappa shape index (κ3) is 3.93. The number of carbonyl (C=O) groups is 1. The maximum atomic E-state index is 13.2. The zero-order valence-electron chi connectivity index (χ0n) is 11.7. The molecule has 2 unspecified atom stereocenters. The van der Waals surface area contributed by atoms with Gasteiger partial charge in [-0.15, -0.1) is 0 Å². The van der Waals surface area contributed by atoms with Gasteiger partial charge in [-0.2, -0.15) is 0 Å². The zero-order valence-corrected chi connectivity index (χ0v) is 12.5. The Morgan fingerprint density at radius 1 is 1.38 bits per heavy atom. The fourth-order valence-corrected chi connectivity index (χ4v) is 3.68. The number of sulfone groups is 1. The van der Waals surface area contributed by atoms with E-state index in [-0.39, 0.29) is 17.7 Å². The number of halogens is 1. The van der Waals surface area contributed by atoms with Gasteiger partial charge in [-0.05, 0) is 37.5 Å². The Balaban J connectivity index is 2.07. The Kier molecular flexibility index (Phi) is 4.51. The molecule has 2 N–H and O–H groups in total. The summed E-state index contributed by atoms with van der Waals surface area (Å²) in [5, 5.41) is -0.492. The second-order valence-corrected chi connectivity index (χ2v) is 7.70. The first-order valence-electron chi connectivity index (χ1n) is 6.72. The highest BCUT2D eigenvalue weighted by molar-refractivity contribution is 7.91. The van der Waals surface area contributed by atoms with Gasteiger partial charge in [0, 0.05) is 18.4 Å². The molecule has 21 heavy (non-hydrogen) atoms. The van der Waals surface area contributed by atoms with Gasteiger partial charge in [0.1, 0.15) is 21.8 Å². The molecule has 5 nitrogen and oxygen atoms in total. The number of nitrogens with two attached hydrogens (primary N) is 1. The second kappa shape index (κ2) is 6.01. The van der Waals surface area contributed by atoms with Crippen molar-refractivity contribution in [1.82, 2.24) is 0 Å². The quantitative estimate of drug-likeness (QED) is 0.680. The third-order valence-electron chi connectivity index (χ3n) is 3.69. The average molecular weight is 315 g/mol. The standard InChI is InChI=1S/C14H18FNO4S/c1-21(18,19)11-4-2-3-10(8-11)20-14(17)12-7-9(15)5-6-13(12)16/h5-7,10-11H,2-4,8,16H2,1H3. The van der Waals surface area contributed by atoms with E-state index in [2.05, 4.69) is 0 Å². The lowest BCUT2D eigenvalue weighted by atomic mass is 9.97. The summed E-state index contributed by atoms with van der Waals surface area (Å²) in [6, 6.07) is 3.48. The summed E-state index contributed by atoms with van der Waals surface area (Å²) in [5.74, 6) is -1.29. The molecule has 2 atom stereocenters. The van der Waals surface area contributed by atoms with E-state index in [4.69, 9.17) is 10.5 Å². The number of nitrogen functional groups attached to an aromatic ring is 1. The summed E-state index contributed by atoms with van der Waals surface area (Å²) >= 11 is 0. The topological polar surface area (TPSA) is 86.5 Å². The fourth-order valence-electron chi connectivity index (χ4n) is 2.52. The zero-order chi connectivity index (χ0) is 15.6. The van der Waals surface area contributed by atoms with Crippen LogP contribution in [0.4, 0.5) is 10.1 Å². The molecule has 0 saturated heterocycles. The summed E-state index contributed by atoms with van der Waals surface area (Å²) in [5.41, 5.74) is 5.73. The minimum absolute atomic E-state index is 0.0310. The van der Waals surface area contributed by atoms with Crippen LogP contribution in [0.15, 0.2) is 18.2 Å². The van der Waals surface area contributed by atoms with E-state index in [1.165, 1.54) is 12.3 Å². The number of esters is 1. The van der Waals surface area contributed by atoms with E-state index in [0.717, 1.165) is 12.1 Å². The first-order chi connectivity index (χ1) is 9.77. The highest BCUT2D eigenvalue weighted by atomic mass is 32.2. The normalized spacial score (nSPS) is 22.8. The Bertz CT molecular complexity index is 644. The lowest BCUT2D eigenvalue weighted by Gasteiger charge is -2.27. The number of ether oxygens (including phenoxy) is 1. The van der Waals surface area contributed by atoms with Crippen molar-refractivity contribution in [1.29, 1.82) is 0 Å². The minimum Gasteiger partial charge on any atom is -0.459 e. The first-order valence-corrected chi connectivity index (χ1v) is 8.67. The van der Waals surface area contributed by atoms with Crippen LogP contribution in [0.3, 0.4) is 0 Å². The number of rotatable bonds is 3. The Labute approximate surface area is 123 Å². The van der Waals surface area contributed by atoms with Crippen molar-refractivity contribution in [3.63, 3.8) is 0 Å². The molecule has 1 aliphatic rings. The van der Waals surface area contributed by atoms with Crippen LogP contribution in [0, 0.1) is 5.82 Å². The molecule has 2 rings (SSSR count). The van der Waals surface area contributed by atoms with Crippen LogP contribution in [0.2, 0.25) is 0 Å². The monoisotopic (exact) mass is 315 g/mol. The van der Waals surface area contributed by atoms with Crippen LogP contribution in [-0.4, -0.2) is 32.0 Å². The molecule has 1 saturated carbocycles. The summed E-state index contributed by atoms with van der Waals surface area (Å²) < 4.78 is 41.6. The van der Waals surface area contributed by atoms with Crippen LogP contribution in [0.5, 0.6) is 0 Å². The predicted molar refractivity (Wildman–Crippen MR) is 77.1 cm³/mol. The van der Waals surface area contributed by atoms with Gasteiger partial charge in [0.15, 0.2) is 0 Å². The van der Waals surface area contributed by atoms with Gasteiger partial charge < -0.3 is 10.5 Å². The smallest absolute Gasteiger partial charge is 0.340 e. The van der Waals surface area contributed by atoms with Crippen molar-refractivity contribution >= 4 is 21.5 Å². The molecule has 1 aromatic rings. The molecule has 1 fully saturated rings. The SMILES string of the molecule is CS(=O)(=O)C1CCCC(OC(=O)c2cc(F)ccc2N)C1. The molecule has 0 amide bonds. The van der Waals surface area contributed by atoms with Gasteiger partial charge in [-0.3, -0.25) is 0 Å².